The van der Waals surface area contributed by atoms with E-state index < -0.39 is 0 Å². The molecule has 0 spiro atoms. The minimum atomic E-state index is -0.0885. The molecule has 3 aromatic rings. The van der Waals surface area contributed by atoms with Crippen LogP contribution in [0.3, 0.4) is 0 Å². The van der Waals surface area contributed by atoms with Gasteiger partial charge in [-0.25, -0.2) is 9.97 Å². The van der Waals surface area contributed by atoms with Gasteiger partial charge in [-0.05, 0) is 24.6 Å². The molecule has 2 atom stereocenters. The summed E-state index contributed by atoms with van der Waals surface area (Å²) < 4.78 is 5.57. The Morgan fingerprint density at radius 2 is 2.20 bits per heavy atom. The van der Waals surface area contributed by atoms with Crippen molar-refractivity contribution in [3.63, 3.8) is 0 Å². The Morgan fingerprint density at radius 3 is 3.08 bits per heavy atom. The molecule has 1 fully saturated rings. The first kappa shape index (κ1) is 15.6. The zero-order valence-electron chi connectivity index (χ0n) is 13.6. The lowest BCUT2D eigenvalue weighted by atomic mass is 10.0. The topological polar surface area (TPSA) is 91.9 Å². The number of carbonyl (C=O) groups excluding carboxylic acids is 1. The summed E-state index contributed by atoms with van der Waals surface area (Å²) in [6.07, 6.45) is 5.76. The summed E-state index contributed by atoms with van der Waals surface area (Å²) in [6, 6.07) is 9.38. The predicted octanol–water partition coefficient (Wildman–Crippen LogP) is 1.96. The number of carbonyl (C=O) groups is 1. The van der Waals surface area contributed by atoms with E-state index in [1.165, 1.54) is 6.33 Å². The van der Waals surface area contributed by atoms with Crippen molar-refractivity contribution in [1.82, 2.24) is 20.3 Å². The third kappa shape index (κ3) is 3.32. The number of nitrogens with zero attached hydrogens (tertiary/aromatic N) is 2. The van der Waals surface area contributed by atoms with E-state index in [4.69, 9.17) is 4.74 Å². The molecule has 7 nitrogen and oxygen atoms in total. The van der Waals surface area contributed by atoms with Gasteiger partial charge in [-0.3, -0.25) is 4.79 Å². The summed E-state index contributed by atoms with van der Waals surface area (Å²) in [5, 5.41) is 7.49. The highest BCUT2D eigenvalue weighted by Gasteiger charge is 2.28. The van der Waals surface area contributed by atoms with Gasteiger partial charge in [0, 0.05) is 24.4 Å². The van der Waals surface area contributed by atoms with Gasteiger partial charge < -0.3 is 20.4 Å². The largest absolute Gasteiger partial charge is 0.379 e. The van der Waals surface area contributed by atoms with E-state index in [1.807, 2.05) is 30.5 Å². The molecule has 25 heavy (non-hydrogen) atoms. The summed E-state index contributed by atoms with van der Waals surface area (Å²) >= 11 is 0. The summed E-state index contributed by atoms with van der Waals surface area (Å²) in [5.74, 6) is 0.630. The molecular formula is C18H19N5O2. The average Bonchev–Trinajstić information content (AvgIpc) is 3.13. The van der Waals surface area contributed by atoms with Crippen molar-refractivity contribution in [2.45, 2.75) is 18.5 Å². The Bertz CT molecular complexity index is 864. The Labute approximate surface area is 144 Å². The normalized spacial score (nSPS) is 20.3. The second kappa shape index (κ2) is 6.90. The third-order valence-corrected chi connectivity index (χ3v) is 4.42. The molecule has 7 heteroatoms. The van der Waals surface area contributed by atoms with E-state index in [0.717, 1.165) is 23.1 Å². The van der Waals surface area contributed by atoms with Crippen LogP contribution in [0, 0.1) is 0 Å². The smallest absolute Gasteiger partial charge is 0.253 e. The number of aromatic nitrogens is 3. The fourth-order valence-corrected chi connectivity index (χ4v) is 3.14. The molecule has 0 aliphatic carbocycles. The van der Waals surface area contributed by atoms with Crippen molar-refractivity contribution in [2.24, 2.45) is 0 Å². The van der Waals surface area contributed by atoms with Crippen LogP contribution in [0.15, 0.2) is 49.1 Å². The number of nitrogens with one attached hydrogen (secondary N) is 3. The van der Waals surface area contributed by atoms with E-state index in [-0.39, 0.29) is 18.0 Å². The molecule has 4 rings (SSSR count). The summed E-state index contributed by atoms with van der Waals surface area (Å²) in [4.78, 5) is 24.0. The standard InChI is InChI=1S/C18H19N5O2/c24-18(13-3-1-2-12-4-8-20-17(12)13)23-14-6-9-25-10-15(14)22-16-5-7-19-11-21-16/h1-5,7-8,11,14-15,20H,6,9-10H2,(H,23,24)(H,19,21,22)/t14-,15+/m0/s1. The van der Waals surface area contributed by atoms with Gasteiger partial charge in [-0.1, -0.05) is 12.1 Å². The van der Waals surface area contributed by atoms with Crippen LogP contribution in [-0.4, -0.2) is 46.2 Å². The van der Waals surface area contributed by atoms with Crippen LogP contribution >= 0.6 is 0 Å². The molecule has 3 N–H and O–H groups in total. The molecule has 1 saturated heterocycles. The van der Waals surface area contributed by atoms with Gasteiger partial charge in [-0.2, -0.15) is 0 Å². The molecule has 1 aliphatic rings. The molecule has 128 valence electrons. The number of aromatic amines is 1. The molecule has 1 aliphatic heterocycles. The number of amides is 1. The van der Waals surface area contributed by atoms with Crippen molar-refractivity contribution < 1.29 is 9.53 Å². The van der Waals surface area contributed by atoms with E-state index in [9.17, 15) is 4.79 Å². The van der Waals surface area contributed by atoms with Crippen molar-refractivity contribution in [3.8, 4) is 0 Å². The van der Waals surface area contributed by atoms with Gasteiger partial charge in [0.05, 0.1) is 29.8 Å². The summed E-state index contributed by atoms with van der Waals surface area (Å²) in [7, 11) is 0. The third-order valence-electron chi connectivity index (χ3n) is 4.42. The molecular weight excluding hydrogens is 318 g/mol. The number of ether oxygens (including phenoxy) is 1. The number of para-hydroxylation sites is 1. The van der Waals surface area contributed by atoms with Crippen LogP contribution in [0.25, 0.3) is 10.9 Å². The summed E-state index contributed by atoms with van der Waals surface area (Å²) in [5.41, 5.74) is 1.50. The van der Waals surface area contributed by atoms with E-state index in [2.05, 4.69) is 25.6 Å². The maximum absolute atomic E-state index is 12.8. The number of hydrogen-bond donors (Lipinski definition) is 3. The van der Waals surface area contributed by atoms with Gasteiger partial charge in [0.1, 0.15) is 12.1 Å². The van der Waals surface area contributed by atoms with Crippen LogP contribution in [-0.2, 0) is 4.74 Å². The van der Waals surface area contributed by atoms with Crippen molar-refractivity contribution in [2.75, 3.05) is 18.5 Å². The SMILES string of the molecule is O=C(N[C@H]1CCOC[C@H]1Nc1ccncn1)c1cccc2cc[nH]c12. The molecule has 1 aromatic carbocycles. The highest BCUT2D eigenvalue weighted by Crippen LogP contribution is 2.18. The molecule has 0 radical (unpaired) electrons. The second-order valence-electron chi connectivity index (χ2n) is 6.04. The zero-order chi connectivity index (χ0) is 17.1. The first-order valence-corrected chi connectivity index (χ1v) is 8.28. The van der Waals surface area contributed by atoms with Crippen LogP contribution in [0.2, 0.25) is 0 Å². The molecule has 1 amide bonds. The molecule has 0 unspecified atom stereocenters. The maximum atomic E-state index is 12.8. The Balaban J connectivity index is 1.51. The van der Waals surface area contributed by atoms with Crippen molar-refractivity contribution in [1.29, 1.82) is 0 Å². The first-order chi connectivity index (χ1) is 12.3. The monoisotopic (exact) mass is 337 g/mol. The first-order valence-electron chi connectivity index (χ1n) is 8.28. The Hall–Kier alpha value is -2.93. The molecule has 2 aromatic heterocycles. The number of fused-ring (bicyclic) bond motifs is 1. The number of rotatable bonds is 4. The minimum absolute atomic E-state index is 0.0403. The highest BCUT2D eigenvalue weighted by molar-refractivity contribution is 6.05. The predicted molar refractivity (Wildman–Crippen MR) is 94.4 cm³/mol. The fourth-order valence-electron chi connectivity index (χ4n) is 3.14. The lowest BCUT2D eigenvalue weighted by Crippen LogP contribution is -2.52. The average molecular weight is 337 g/mol. The highest BCUT2D eigenvalue weighted by atomic mass is 16.5. The zero-order valence-corrected chi connectivity index (χ0v) is 13.6. The van der Waals surface area contributed by atoms with Gasteiger partial charge in [-0.15, -0.1) is 0 Å². The van der Waals surface area contributed by atoms with Crippen LogP contribution in [0.1, 0.15) is 16.8 Å². The van der Waals surface area contributed by atoms with Gasteiger partial charge in [0.2, 0.25) is 0 Å². The summed E-state index contributed by atoms with van der Waals surface area (Å²) in [6.45, 7) is 1.14. The van der Waals surface area contributed by atoms with Crippen LogP contribution in [0.4, 0.5) is 5.82 Å². The quantitative estimate of drug-likeness (QED) is 0.677. The number of hydrogen-bond acceptors (Lipinski definition) is 5. The van der Waals surface area contributed by atoms with Crippen LogP contribution < -0.4 is 10.6 Å². The maximum Gasteiger partial charge on any atom is 0.253 e. The van der Waals surface area contributed by atoms with Gasteiger partial charge in [0.15, 0.2) is 0 Å². The van der Waals surface area contributed by atoms with Gasteiger partial charge >= 0.3 is 0 Å². The number of anilines is 1. The lowest BCUT2D eigenvalue weighted by molar-refractivity contribution is 0.0620. The minimum Gasteiger partial charge on any atom is -0.379 e. The Kier molecular flexibility index (Phi) is 4.30. The number of benzene rings is 1. The van der Waals surface area contributed by atoms with Crippen LogP contribution in [0.5, 0.6) is 0 Å². The van der Waals surface area contributed by atoms with E-state index in [1.54, 1.807) is 12.3 Å². The molecule has 3 heterocycles. The van der Waals surface area contributed by atoms with E-state index in [0.29, 0.717) is 18.8 Å². The fraction of sp³-hybridized carbons (Fsp3) is 0.278. The lowest BCUT2D eigenvalue weighted by Gasteiger charge is -2.33. The number of H-pyrrole nitrogens is 1. The van der Waals surface area contributed by atoms with Crippen molar-refractivity contribution >= 4 is 22.6 Å². The molecule has 0 bridgehead atoms. The van der Waals surface area contributed by atoms with Gasteiger partial charge in [0.25, 0.3) is 5.91 Å². The second-order valence-corrected chi connectivity index (χ2v) is 6.04. The van der Waals surface area contributed by atoms with Crippen molar-refractivity contribution in [3.05, 3.63) is 54.6 Å². The molecule has 0 saturated carbocycles. The van der Waals surface area contributed by atoms with E-state index >= 15 is 0 Å². The Morgan fingerprint density at radius 1 is 1.24 bits per heavy atom.